The van der Waals surface area contributed by atoms with E-state index in [1.807, 2.05) is 23.9 Å². The maximum absolute atomic E-state index is 5.64. The van der Waals surface area contributed by atoms with Crippen LogP contribution in [0.4, 0.5) is 0 Å². The lowest BCUT2D eigenvalue weighted by molar-refractivity contribution is 0.357. The second-order valence-electron chi connectivity index (χ2n) is 4.15. The SMILES string of the molecule is C=CCOc1ccccc1CNC1CCSC1. The lowest BCUT2D eigenvalue weighted by atomic mass is 10.2. The van der Waals surface area contributed by atoms with Gasteiger partial charge in [0.15, 0.2) is 0 Å². The first-order chi connectivity index (χ1) is 8.40. The Morgan fingerprint density at radius 3 is 3.12 bits per heavy atom. The van der Waals surface area contributed by atoms with E-state index in [9.17, 15) is 0 Å². The second kappa shape index (κ2) is 6.72. The first kappa shape index (κ1) is 12.5. The largest absolute Gasteiger partial charge is 0.489 e. The van der Waals surface area contributed by atoms with E-state index in [4.69, 9.17) is 4.74 Å². The Morgan fingerprint density at radius 1 is 1.47 bits per heavy atom. The van der Waals surface area contributed by atoms with Gasteiger partial charge in [-0.2, -0.15) is 11.8 Å². The summed E-state index contributed by atoms with van der Waals surface area (Å²) in [7, 11) is 0. The van der Waals surface area contributed by atoms with E-state index in [-0.39, 0.29) is 0 Å². The third kappa shape index (κ3) is 3.79. The average Bonchev–Trinajstić information content (AvgIpc) is 2.88. The topological polar surface area (TPSA) is 21.3 Å². The fourth-order valence-corrected chi connectivity index (χ4v) is 3.08. The van der Waals surface area contributed by atoms with Gasteiger partial charge in [-0.25, -0.2) is 0 Å². The maximum atomic E-state index is 5.64. The molecule has 0 bridgehead atoms. The highest BCUT2D eigenvalue weighted by atomic mass is 32.2. The van der Waals surface area contributed by atoms with Crippen LogP contribution in [-0.2, 0) is 6.54 Å². The molecular weight excluding hydrogens is 230 g/mol. The van der Waals surface area contributed by atoms with Crippen molar-refractivity contribution in [3.05, 3.63) is 42.5 Å². The van der Waals surface area contributed by atoms with Gasteiger partial charge in [-0.15, -0.1) is 0 Å². The van der Waals surface area contributed by atoms with Gasteiger partial charge in [-0.3, -0.25) is 0 Å². The smallest absolute Gasteiger partial charge is 0.124 e. The van der Waals surface area contributed by atoms with Crippen LogP contribution < -0.4 is 10.1 Å². The lowest BCUT2D eigenvalue weighted by Gasteiger charge is -2.14. The fraction of sp³-hybridized carbons (Fsp3) is 0.429. The first-order valence-corrected chi connectivity index (χ1v) is 7.18. The van der Waals surface area contributed by atoms with Gasteiger partial charge in [0.1, 0.15) is 12.4 Å². The highest BCUT2D eigenvalue weighted by Gasteiger charge is 2.14. The Kier molecular flexibility index (Phi) is 4.95. The van der Waals surface area contributed by atoms with Crippen molar-refractivity contribution in [2.45, 2.75) is 19.0 Å². The molecule has 1 fully saturated rings. The number of hydrogen-bond donors (Lipinski definition) is 1. The number of rotatable bonds is 6. The summed E-state index contributed by atoms with van der Waals surface area (Å²) in [5.41, 5.74) is 1.23. The van der Waals surface area contributed by atoms with Crippen molar-refractivity contribution >= 4 is 11.8 Å². The zero-order chi connectivity index (χ0) is 11.9. The fourth-order valence-electron chi connectivity index (χ4n) is 1.89. The molecule has 3 heteroatoms. The predicted molar refractivity (Wildman–Crippen MR) is 74.7 cm³/mol. The van der Waals surface area contributed by atoms with Crippen LogP contribution in [0.5, 0.6) is 5.75 Å². The molecule has 0 radical (unpaired) electrons. The summed E-state index contributed by atoms with van der Waals surface area (Å²) in [6.45, 7) is 5.12. The molecule has 92 valence electrons. The molecule has 1 unspecified atom stereocenters. The lowest BCUT2D eigenvalue weighted by Crippen LogP contribution is -2.28. The van der Waals surface area contributed by atoms with Gasteiger partial charge in [0, 0.05) is 23.9 Å². The van der Waals surface area contributed by atoms with E-state index in [1.54, 1.807) is 6.08 Å². The standard InChI is InChI=1S/C14H19NOS/c1-2-8-16-14-6-4-3-5-12(14)10-15-13-7-9-17-11-13/h2-6,13,15H,1,7-11H2. The molecule has 1 heterocycles. The van der Waals surface area contributed by atoms with Gasteiger partial charge in [-0.05, 0) is 18.2 Å². The van der Waals surface area contributed by atoms with Crippen molar-refractivity contribution in [1.29, 1.82) is 0 Å². The number of benzene rings is 1. The van der Waals surface area contributed by atoms with Crippen LogP contribution in [0.2, 0.25) is 0 Å². The molecule has 1 N–H and O–H groups in total. The molecule has 1 aromatic carbocycles. The van der Waals surface area contributed by atoms with Crippen molar-refractivity contribution in [3.63, 3.8) is 0 Å². The normalized spacial score (nSPS) is 19.2. The number of thioether (sulfide) groups is 1. The summed E-state index contributed by atoms with van der Waals surface area (Å²) in [4.78, 5) is 0. The quantitative estimate of drug-likeness (QED) is 0.783. The van der Waals surface area contributed by atoms with Gasteiger partial charge in [0.2, 0.25) is 0 Å². The molecule has 1 aliphatic rings. The van der Waals surface area contributed by atoms with Gasteiger partial charge >= 0.3 is 0 Å². The molecule has 0 aliphatic carbocycles. The summed E-state index contributed by atoms with van der Waals surface area (Å²) in [6, 6.07) is 8.86. The van der Waals surface area contributed by atoms with E-state index >= 15 is 0 Å². The Hall–Kier alpha value is -0.930. The maximum Gasteiger partial charge on any atom is 0.124 e. The summed E-state index contributed by atoms with van der Waals surface area (Å²) >= 11 is 2.03. The molecule has 2 nitrogen and oxygen atoms in total. The molecule has 1 saturated heterocycles. The predicted octanol–water partition coefficient (Wildman–Crippen LogP) is 2.85. The molecule has 1 atom stereocenters. The summed E-state index contributed by atoms with van der Waals surface area (Å²) in [5.74, 6) is 3.48. The Balaban J connectivity index is 1.91. The Bertz CT molecular complexity index is 361. The molecule has 0 spiro atoms. The van der Waals surface area contributed by atoms with Gasteiger partial charge in [-0.1, -0.05) is 30.9 Å². The molecule has 1 aromatic rings. The van der Waals surface area contributed by atoms with Gasteiger partial charge < -0.3 is 10.1 Å². The molecular formula is C14H19NOS. The van der Waals surface area contributed by atoms with Crippen LogP contribution in [0.3, 0.4) is 0 Å². The second-order valence-corrected chi connectivity index (χ2v) is 5.30. The third-order valence-electron chi connectivity index (χ3n) is 2.84. The van der Waals surface area contributed by atoms with E-state index in [1.165, 1.54) is 23.5 Å². The van der Waals surface area contributed by atoms with Crippen LogP contribution >= 0.6 is 11.8 Å². The highest BCUT2D eigenvalue weighted by molar-refractivity contribution is 7.99. The van der Waals surface area contributed by atoms with E-state index < -0.39 is 0 Å². The monoisotopic (exact) mass is 249 g/mol. The molecule has 1 aliphatic heterocycles. The summed E-state index contributed by atoms with van der Waals surface area (Å²) in [5, 5.41) is 3.59. The van der Waals surface area contributed by atoms with Crippen LogP contribution in [-0.4, -0.2) is 24.2 Å². The van der Waals surface area contributed by atoms with E-state index in [0.717, 1.165) is 12.3 Å². The molecule has 0 amide bonds. The van der Waals surface area contributed by atoms with Crippen LogP contribution in [0.25, 0.3) is 0 Å². The van der Waals surface area contributed by atoms with Gasteiger partial charge in [0.05, 0.1) is 0 Å². The van der Waals surface area contributed by atoms with Crippen molar-refractivity contribution in [2.24, 2.45) is 0 Å². The number of nitrogens with one attached hydrogen (secondary N) is 1. The minimum absolute atomic E-state index is 0.566. The van der Waals surface area contributed by atoms with Crippen LogP contribution in [0, 0.1) is 0 Å². The van der Waals surface area contributed by atoms with Crippen molar-refractivity contribution < 1.29 is 4.74 Å². The zero-order valence-corrected chi connectivity index (χ0v) is 10.8. The summed E-state index contributed by atoms with van der Waals surface area (Å²) in [6.07, 6.45) is 3.05. The van der Waals surface area contributed by atoms with E-state index in [0.29, 0.717) is 12.6 Å². The molecule has 2 rings (SSSR count). The number of para-hydroxylation sites is 1. The van der Waals surface area contributed by atoms with Crippen molar-refractivity contribution in [3.8, 4) is 5.75 Å². The Labute approximate surface area is 107 Å². The highest BCUT2D eigenvalue weighted by Crippen LogP contribution is 2.20. The van der Waals surface area contributed by atoms with Gasteiger partial charge in [0.25, 0.3) is 0 Å². The third-order valence-corrected chi connectivity index (χ3v) is 4.00. The average molecular weight is 249 g/mol. The Morgan fingerprint density at radius 2 is 2.35 bits per heavy atom. The minimum Gasteiger partial charge on any atom is -0.489 e. The van der Waals surface area contributed by atoms with Crippen LogP contribution in [0.15, 0.2) is 36.9 Å². The summed E-state index contributed by atoms with van der Waals surface area (Å²) < 4.78 is 5.64. The first-order valence-electron chi connectivity index (χ1n) is 6.03. The number of hydrogen-bond acceptors (Lipinski definition) is 3. The number of ether oxygens (including phenoxy) is 1. The minimum atomic E-state index is 0.566. The van der Waals surface area contributed by atoms with Crippen LogP contribution in [0.1, 0.15) is 12.0 Å². The molecule has 0 saturated carbocycles. The van der Waals surface area contributed by atoms with Crippen molar-refractivity contribution in [2.75, 3.05) is 18.1 Å². The molecule has 17 heavy (non-hydrogen) atoms. The zero-order valence-electron chi connectivity index (χ0n) is 10.0. The van der Waals surface area contributed by atoms with E-state index in [2.05, 4.69) is 24.0 Å². The van der Waals surface area contributed by atoms with Crippen molar-refractivity contribution in [1.82, 2.24) is 5.32 Å². The molecule has 0 aromatic heterocycles.